The van der Waals surface area contributed by atoms with Gasteiger partial charge in [-0.15, -0.1) is 0 Å². The van der Waals surface area contributed by atoms with E-state index in [0.717, 1.165) is 19.3 Å². The number of rotatable bonds is 3. The first-order valence-electron chi connectivity index (χ1n) is 7.00. The van der Waals surface area contributed by atoms with E-state index in [-0.39, 0.29) is 16.8 Å². The number of carbonyl (C=O) groups is 1. The maximum Gasteiger partial charge on any atom is 0.319 e. The smallest absolute Gasteiger partial charge is 0.319 e. The van der Waals surface area contributed by atoms with Crippen molar-refractivity contribution in [3.63, 3.8) is 0 Å². The fourth-order valence-electron chi connectivity index (χ4n) is 2.73. The molecule has 6 nitrogen and oxygen atoms in total. The van der Waals surface area contributed by atoms with E-state index < -0.39 is 16.5 Å². The average Bonchev–Trinajstić information content (AvgIpc) is 2.42. The largest absolute Gasteiger partial charge is 0.349 e. The van der Waals surface area contributed by atoms with Crippen molar-refractivity contribution in [1.82, 2.24) is 10.3 Å². The number of pyridine rings is 1. The number of nitro groups is 1. The zero-order valence-corrected chi connectivity index (χ0v) is 12.8. The van der Waals surface area contributed by atoms with Crippen LogP contribution in [0.2, 0.25) is 5.15 Å². The van der Waals surface area contributed by atoms with Crippen LogP contribution in [0.25, 0.3) is 0 Å². The Bertz CT molecular complexity index is 564. The predicted molar refractivity (Wildman–Crippen MR) is 79.3 cm³/mol. The molecule has 1 N–H and O–H groups in total. The van der Waals surface area contributed by atoms with Gasteiger partial charge in [-0.2, -0.15) is 0 Å². The molecule has 1 aliphatic rings. The fourth-order valence-corrected chi connectivity index (χ4v) is 2.95. The lowest BCUT2D eigenvalue weighted by Crippen LogP contribution is -2.40. The molecule has 1 saturated carbocycles. The SMILES string of the molecule is CC1CCC(NC(=O)c2ccnc(Cl)c2[N+](=O)[O-])CC1C. The number of nitrogens with one attached hydrogen (secondary N) is 1. The number of halogens is 1. The summed E-state index contributed by atoms with van der Waals surface area (Å²) in [6.45, 7) is 4.37. The van der Waals surface area contributed by atoms with E-state index in [4.69, 9.17) is 11.6 Å². The summed E-state index contributed by atoms with van der Waals surface area (Å²) >= 11 is 5.72. The van der Waals surface area contributed by atoms with Crippen LogP contribution in [0, 0.1) is 22.0 Å². The normalized spacial score (nSPS) is 25.4. The van der Waals surface area contributed by atoms with Gasteiger partial charge < -0.3 is 5.32 Å². The van der Waals surface area contributed by atoms with Gasteiger partial charge in [-0.1, -0.05) is 25.4 Å². The van der Waals surface area contributed by atoms with Gasteiger partial charge in [0.15, 0.2) is 0 Å². The highest BCUT2D eigenvalue weighted by atomic mass is 35.5. The number of hydrogen-bond donors (Lipinski definition) is 1. The summed E-state index contributed by atoms with van der Waals surface area (Å²) in [7, 11) is 0. The number of amides is 1. The first-order valence-corrected chi connectivity index (χ1v) is 7.37. The van der Waals surface area contributed by atoms with Crippen LogP contribution in [0.5, 0.6) is 0 Å². The maximum absolute atomic E-state index is 12.3. The lowest BCUT2D eigenvalue weighted by atomic mass is 9.79. The minimum atomic E-state index is -0.671. The Morgan fingerprint density at radius 1 is 1.43 bits per heavy atom. The molecule has 1 amide bonds. The van der Waals surface area contributed by atoms with Gasteiger partial charge in [-0.3, -0.25) is 14.9 Å². The molecule has 114 valence electrons. The van der Waals surface area contributed by atoms with E-state index in [1.165, 1.54) is 12.3 Å². The van der Waals surface area contributed by atoms with E-state index in [1.807, 2.05) is 0 Å². The first-order chi connectivity index (χ1) is 9.90. The summed E-state index contributed by atoms with van der Waals surface area (Å²) in [6.07, 6.45) is 4.13. The molecular formula is C14H18ClN3O3. The van der Waals surface area contributed by atoms with Crippen molar-refractivity contribution in [2.45, 2.75) is 39.2 Å². The van der Waals surface area contributed by atoms with Crippen molar-refractivity contribution in [1.29, 1.82) is 0 Å². The number of aromatic nitrogens is 1. The molecule has 7 heteroatoms. The molecule has 1 heterocycles. The van der Waals surface area contributed by atoms with Crippen molar-refractivity contribution >= 4 is 23.2 Å². The lowest BCUT2D eigenvalue weighted by molar-refractivity contribution is -0.385. The molecule has 1 aromatic rings. The van der Waals surface area contributed by atoms with Gasteiger partial charge in [0.2, 0.25) is 5.15 Å². The van der Waals surface area contributed by atoms with Gasteiger partial charge in [0.1, 0.15) is 5.56 Å². The van der Waals surface area contributed by atoms with Gasteiger partial charge in [0.05, 0.1) is 4.92 Å². The van der Waals surface area contributed by atoms with Crippen LogP contribution in [0.15, 0.2) is 12.3 Å². The van der Waals surface area contributed by atoms with Crippen LogP contribution >= 0.6 is 11.6 Å². The maximum atomic E-state index is 12.3. The van der Waals surface area contributed by atoms with Crippen LogP contribution in [0.4, 0.5) is 5.69 Å². The summed E-state index contributed by atoms with van der Waals surface area (Å²) in [5, 5.41) is 13.6. The Hall–Kier alpha value is -1.69. The van der Waals surface area contributed by atoms with Gasteiger partial charge in [0, 0.05) is 12.2 Å². The number of hydrogen-bond acceptors (Lipinski definition) is 4. The van der Waals surface area contributed by atoms with E-state index in [0.29, 0.717) is 11.8 Å². The lowest BCUT2D eigenvalue weighted by Gasteiger charge is -2.32. The molecule has 3 atom stereocenters. The Balaban J connectivity index is 2.14. The minimum Gasteiger partial charge on any atom is -0.349 e. The third-order valence-corrected chi connectivity index (χ3v) is 4.52. The van der Waals surface area contributed by atoms with Crippen molar-refractivity contribution in [2.75, 3.05) is 0 Å². The van der Waals surface area contributed by atoms with Crippen LogP contribution in [-0.4, -0.2) is 21.9 Å². The molecule has 0 bridgehead atoms. The van der Waals surface area contributed by atoms with E-state index in [2.05, 4.69) is 24.1 Å². The molecule has 0 saturated heterocycles. The average molecular weight is 312 g/mol. The van der Waals surface area contributed by atoms with Crippen molar-refractivity contribution in [2.24, 2.45) is 11.8 Å². The summed E-state index contributed by atoms with van der Waals surface area (Å²) < 4.78 is 0. The number of nitrogens with zero attached hydrogens (tertiary/aromatic N) is 2. The summed E-state index contributed by atoms with van der Waals surface area (Å²) in [5.74, 6) is 0.709. The monoisotopic (exact) mass is 311 g/mol. The Morgan fingerprint density at radius 2 is 2.14 bits per heavy atom. The molecular weight excluding hydrogens is 294 g/mol. The van der Waals surface area contributed by atoms with Crippen molar-refractivity contribution < 1.29 is 9.72 Å². The molecule has 0 aromatic carbocycles. The Kier molecular flexibility index (Phi) is 4.77. The number of carbonyl (C=O) groups excluding carboxylic acids is 1. The van der Waals surface area contributed by atoms with Crippen molar-refractivity contribution in [3.05, 3.63) is 33.1 Å². The van der Waals surface area contributed by atoms with Crippen molar-refractivity contribution in [3.8, 4) is 0 Å². The predicted octanol–water partition coefficient (Wildman–Crippen LogP) is 3.20. The fraction of sp³-hybridized carbons (Fsp3) is 0.571. The summed E-state index contributed by atoms with van der Waals surface area (Å²) in [4.78, 5) is 26.3. The highest BCUT2D eigenvalue weighted by Gasteiger charge is 2.29. The summed E-state index contributed by atoms with van der Waals surface area (Å²) in [5.41, 5.74) is -0.472. The van der Waals surface area contributed by atoms with E-state index in [1.54, 1.807) is 0 Å². The Morgan fingerprint density at radius 3 is 2.76 bits per heavy atom. The molecule has 3 unspecified atom stereocenters. The van der Waals surface area contributed by atoms with Crippen LogP contribution in [-0.2, 0) is 0 Å². The second kappa shape index (κ2) is 6.39. The van der Waals surface area contributed by atoms with Crippen LogP contribution in [0.3, 0.4) is 0 Å². The second-order valence-electron chi connectivity index (χ2n) is 5.69. The quantitative estimate of drug-likeness (QED) is 0.527. The first kappa shape index (κ1) is 15.7. The highest BCUT2D eigenvalue weighted by molar-refractivity contribution is 6.32. The molecule has 1 fully saturated rings. The minimum absolute atomic E-state index is 0.0359. The second-order valence-corrected chi connectivity index (χ2v) is 6.05. The van der Waals surface area contributed by atoms with Crippen LogP contribution < -0.4 is 5.32 Å². The third kappa shape index (κ3) is 3.50. The molecule has 1 aromatic heterocycles. The highest BCUT2D eigenvalue weighted by Crippen LogP contribution is 2.30. The molecule has 21 heavy (non-hydrogen) atoms. The zero-order valence-electron chi connectivity index (χ0n) is 12.0. The third-order valence-electron chi connectivity index (χ3n) is 4.24. The van der Waals surface area contributed by atoms with E-state index in [9.17, 15) is 14.9 Å². The molecule has 0 aliphatic heterocycles. The molecule has 2 rings (SSSR count). The zero-order chi connectivity index (χ0) is 15.6. The summed E-state index contributed by atoms with van der Waals surface area (Å²) in [6, 6.07) is 1.38. The van der Waals surface area contributed by atoms with E-state index >= 15 is 0 Å². The molecule has 1 aliphatic carbocycles. The van der Waals surface area contributed by atoms with Gasteiger partial charge in [-0.25, -0.2) is 4.98 Å². The van der Waals surface area contributed by atoms with Gasteiger partial charge >= 0.3 is 5.69 Å². The van der Waals surface area contributed by atoms with Gasteiger partial charge in [-0.05, 0) is 37.2 Å². The Labute approximate surface area is 128 Å². The van der Waals surface area contributed by atoms with Gasteiger partial charge in [0.25, 0.3) is 5.91 Å². The topological polar surface area (TPSA) is 85.1 Å². The standard InChI is InChI=1S/C14H18ClN3O3/c1-8-3-4-10(7-9(8)2)17-14(19)11-5-6-16-13(15)12(11)18(20)21/h5-6,8-10H,3-4,7H2,1-2H3,(H,17,19). The molecule has 0 radical (unpaired) electrons. The van der Waals surface area contributed by atoms with Crippen LogP contribution in [0.1, 0.15) is 43.5 Å². The molecule has 0 spiro atoms.